The van der Waals surface area contributed by atoms with E-state index in [1.807, 2.05) is 41.8 Å². The summed E-state index contributed by atoms with van der Waals surface area (Å²) < 4.78 is 27.9. The van der Waals surface area contributed by atoms with Gasteiger partial charge in [-0.15, -0.1) is 0 Å². The van der Waals surface area contributed by atoms with E-state index in [4.69, 9.17) is 0 Å². The van der Waals surface area contributed by atoms with Crippen molar-refractivity contribution in [1.29, 1.82) is 0 Å². The first-order valence-electron chi connectivity index (χ1n) is 9.64. The molecule has 1 amide bonds. The Bertz CT molecular complexity index is 1120. The molecule has 0 aliphatic carbocycles. The molecule has 3 aromatic rings. The van der Waals surface area contributed by atoms with Crippen LogP contribution in [0.1, 0.15) is 35.8 Å². The molecule has 0 bridgehead atoms. The normalized spacial score (nSPS) is 13.0. The van der Waals surface area contributed by atoms with Crippen LogP contribution in [0.5, 0.6) is 0 Å². The Labute approximate surface area is 172 Å². The van der Waals surface area contributed by atoms with Crippen molar-refractivity contribution in [3.05, 3.63) is 65.9 Å². The van der Waals surface area contributed by atoms with Crippen molar-refractivity contribution in [2.24, 2.45) is 0 Å². The predicted molar refractivity (Wildman–Crippen MR) is 116 cm³/mol. The third-order valence-corrected chi connectivity index (χ3v) is 6.95. The number of nitrogens with one attached hydrogen (secondary N) is 1. The Morgan fingerprint density at radius 2 is 1.79 bits per heavy atom. The highest BCUT2D eigenvalue weighted by atomic mass is 32.2. The number of fused-ring (bicyclic) bond motifs is 1. The molecule has 1 heterocycles. The third-order valence-electron chi connectivity index (χ3n) is 5.14. The van der Waals surface area contributed by atoms with Crippen LogP contribution in [0.2, 0.25) is 0 Å². The number of aromatic nitrogens is 1. The highest BCUT2D eigenvalue weighted by Gasteiger charge is 2.20. The van der Waals surface area contributed by atoms with Crippen molar-refractivity contribution < 1.29 is 13.2 Å². The summed E-state index contributed by atoms with van der Waals surface area (Å²) in [4.78, 5) is 13.1. The molecule has 0 unspecified atom stereocenters. The van der Waals surface area contributed by atoms with Crippen molar-refractivity contribution in [1.82, 2.24) is 14.2 Å². The minimum atomic E-state index is -3.53. The van der Waals surface area contributed by atoms with Crippen LogP contribution in [0, 0.1) is 0 Å². The van der Waals surface area contributed by atoms with Gasteiger partial charge in [0.05, 0.1) is 4.90 Å². The Balaban J connectivity index is 1.87. The number of aryl methyl sites for hydroxylation is 1. The molecule has 1 N–H and O–H groups in total. The Morgan fingerprint density at radius 1 is 1.10 bits per heavy atom. The van der Waals surface area contributed by atoms with Gasteiger partial charge in [0.2, 0.25) is 10.0 Å². The lowest BCUT2D eigenvalue weighted by Gasteiger charge is -2.14. The SMILES string of the molecule is CCn1c(C(=O)NC[C@H](C)c2ccccc2)cc2cc(S(=O)(=O)N(C)C)ccc21. The molecular weight excluding hydrogens is 386 g/mol. The van der Waals surface area contributed by atoms with E-state index in [1.54, 1.807) is 24.3 Å². The van der Waals surface area contributed by atoms with Crippen molar-refractivity contribution in [2.75, 3.05) is 20.6 Å². The number of nitrogens with zero attached hydrogens (tertiary/aromatic N) is 2. The van der Waals surface area contributed by atoms with Crippen LogP contribution < -0.4 is 5.32 Å². The lowest BCUT2D eigenvalue weighted by molar-refractivity contribution is 0.0943. The number of carbonyl (C=O) groups is 1. The number of rotatable bonds is 7. The van der Waals surface area contributed by atoms with Gasteiger partial charge < -0.3 is 9.88 Å². The molecule has 0 aliphatic rings. The van der Waals surface area contributed by atoms with E-state index in [1.165, 1.54) is 24.0 Å². The Kier molecular flexibility index (Phi) is 6.10. The molecule has 6 nitrogen and oxygen atoms in total. The summed E-state index contributed by atoms with van der Waals surface area (Å²) in [6.45, 7) is 5.17. The minimum absolute atomic E-state index is 0.164. The highest BCUT2D eigenvalue weighted by Crippen LogP contribution is 2.25. The Morgan fingerprint density at radius 3 is 2.41 bits per heavy atom. The van der Waals surface area contributed by atoms with Crippen molar-refractivity contribution in [3.63, 3.8) is 0 Å². The molecule has 1 atom stereocenters. The lowest BCUT2D eigenvalue weighted by Crippen LogP contribution is -2.29. The maximum Gasteiger partial charge on any atom is 0.267 e. The molecule has 29 heavy (non-hydrogen) atoms. The molecule has 0 aliphatic heterocycles. The van der Waals surface area contributed by atoms with E-state index < -0.39 is 10.0 Å². The van der Waals surface area contributed by atoms with Gasteiger partial charge in [-0.3, -0.25) is 4.79 Å². The largest absolute Gasteiger partial charge is 0.350 e. The summed E-state index contributed by atoms with van der Waals surface area (Å²) in [7, 11) is -0.521. The number of hydrogen-bond acceptors (Lipinski definition) is 3. The van der Waals surface area contributed by atoms with Gasteiger partial charge >= 0.3 is 0 Å². The summed E-state index contributed by atoms with van der Waals surface area (Å²) in [6.07, 6.45) is 0. The van der Waals surface area contributed by atoms with Crippen molar-refractivity contribution in [2.45, 2.75) is 31.2 Å². The highest BCUT2D eigenvalue weighted by molar-refractivity contribution is 7.89. The zero-order chi connectivity index (χ0) is 21.2. The molecule has 0 radical (unpaired) electrons. The molecular formula is C22H27N3O3S. The van der Waals surface area contributed by atoms with Crippen LogP contribution in [0.3, 0.4) is 0 Å². The second-order valence-electron chi connectivity index (χ2n) is 7.30. The molecule has 1 aromatic heterocycles. The average Bonchev–Trinajstić information content (AvgIpc) is 3.10. The number of carbonyl (C=O) groups excluding carboxylic acids is 1. The molecule has 2 aromatic carbocycles. The minimum Gasteiger partial charge on any atom is -0.350 e. The van der Waals surface area contributed by atoms with Gasteiger partial charge in [0, 0.05) is 38.1 Å². The lowest BCUT2D eigenvalue weighted by atomic mass is 10.0. The quantitative estimate of drug-likeness (QED) is 0.645. The molecule has 0 spiro atoms. The summed E-state index contributed by atoms with van der Waals surface area (Å²) >= 11 is 0. The summed E-state index contributed by atoms with van der Waals surface area (Å²) in [5.74, 6) is 0.0271. The van der Waals surface area contributed by atoms with Gasteiger partial charge in [0.25, 0.3) is 5.91 Å². The molecule has 154 valence electrons. The molecule has 0 saturated carbocycles. The van der Waals surface area contributed by atoms with Crippen LogP contribution in [0.4, 0.5) is 0 Å². The number of benzene rings is 2. The first kappa shape index (κ1) is 21.1. The first-order chi connectivity index (χ1) is 13.8. The van der Waals surface area contributed by atoms with E-state index >= 15 is 0 Å². The molecule has 0 fully saturated rings. The van der Waals surface area contributed by atoms with Crippen LogP contribution >= 0.6 is 0 Å². The average molecular weight is 414 g/mol. The van der Waals surface area contributed by atoms with Crippen molar-refractivity contribution in [3.8, 4) is 0 Å². The van der Waals surface area contributed by atoms with E-state index in [2.05, 4.69) is 12.2 Å². The van der Waals surface area contributed by atoms with Gasteiger partial charge in [-0.25, -0.2) is 12.7 Å². The van der Waals surface area contributed by atoms with Crippen LogP contribution in [-0.4, -0.2) is 43.8 Å². The topological polar surface area (TPSA) is 71.4 Å². The van der Waals surface area contributed by atoms with Gasteiger partial charge in [-0.05, 0) is 42.7 Å². The van der Waals surface area contributed by atoms with Crippen LogP contribution in [-0.2, 0) is 16.6 Å². The van der Waals surface area contributed by atoms with Gasteiger partial charge in [0.15, 0.2) is 0 Å². The van der Waals surface area contributed by atoms with E-state index in [0.29, 0.717) is 18.8 Å². The number of hydrogen-bond donors (Lipinski definition) is 1. The van der Waals surface area contributed by atoms with E-state index in [0.717, 1.165) is 10.9 Å². The molecule has 0 saturated heterocycles. The maximum absolute atomic E-state index is 12.9. The Hall–Kier alpha value is -2.64. The van der Waals surface area contributed by atoms with Crippen molar-refractivity contribution >= 4 is 26.8 Å². The van der Waals surface area contributed by atoms with Crippen LogP contribution in [0.25, 0.3) is 10.9 Å². The standard InChI is InChI=1S/C22H27N3O3S/c1-5-25-20-12-11-19(29(27,28)24(3)4)13-18(20)14-21(25)22(26)23-15-16(2)17-9-7-6-8-10-17/h6-14,16H,5,15H2,1-4H3,(H,23,26)/t16-/m0/s1. The van der Waals surface area contributed by atoms with Crippen LogP contribution in [0.15, 0.2) is 59.5 Å². The van der Waals surface area contributed by atoms with Gasteiger partial charge in [-0.2, -0.15) is 0 Å². The summed E-state index contributed by atoms with van der Waals surface area (Å²) in [5, 5.41) is 3.74. The zero-order valence-corrected chi connectivity index (χ0v) is 18.0. The number of sulfonamides is 1. The molecule has 3 rings (SSSR count). The second kappa shape index (κ2) is 8.39. The fourth-order valence-corrected chi connectivity index (χ4v) is 4.32. The van der Waals surface area contributed by atoms with Gasteiger partial charge in [0.1, 0.15) is 5.69 Å². The fraction of sp³-hybridized carbons (Fsp3) is 0.318. The summed E-state index contributed by atoms with van der Waals surface area (Å²) in [5.41, 5.74) is 2.54. The smallest absolute Gasteiger partial charge is 0.267 e. The maximum atomic E-state index is 12.9. The monoisotopic (exact) mass is 413 g/mol. The number of amides is 1. The van der Waals surface area contributed by atoms with E-state index in [9.17, 15) is 13.2 Å². The second-order valence-corrected chi connectivity index (χ2v) is 9.46. The first-order valence-corrected chi connectivity index (χ1v) is 11.1. The zero-order valence-electron chi connectivity index (χ0n) is 17.2. The van der Waals surface area contributed by atoms with Gasteiger partial charge in [-0.1, -0.05) is 37.3 Å². The summed E-state index contributed by atoms with van der Waals surface area (Å²) in [6, 6.07) is 16.8. The fourth-order valence-electron chi connectivity index (χ4n) is 3.38. The molecule has 7 heteroatoms. The predicted octanol–water partition coefficient (Wildman–Crippen LogP) is 3.45. The van der Waals surface area contributed by atoms with E-state index in [-0.39, 0.29) is 16.7 Å². The third kappa shape index (κ3) is 4.21.